The number of hydrogen-bond donors (Lipinski definition) is 0. The van der Waals surface area contributed by atoms with Gasteiger partial charge < -0.3 is 18.2 Å². The third-order valence-electron chi connectivity index (χ3n) is 0. The van der Waals surface area contributed by atoms with E-state index in [9.17, 15) is 0 Å². The Bertz CT molecular complexity index is 211. The van der Waals surface area contributed by atoms with Crippen LogP contribution in [-0.4, -0.2) is 35.0 Å². The third kappa shape index (κ3) is 1800. The first-order chi connectivity index (χ1) is 4.00. The summed E-state index contributed by atoms with van der Waals surface area (Å²) in [6.45, 7) is 0. The molecule has 0 heterocycles. The van der Waals surface area contributed by atoms with Gasteiger partial charge in [-0.3, -0.25) is 16.8 Å². The van der Waals surface area contributed by atoms with Gasteiger partial charge in [0, 0.05) is 20.8 Å². The summed E-state index contributed by atoms with van der Waals surface area (Å²) in [5.74, 6) is 0. The van der Waals surface area contributed by atoms with Crippen molar-refractivity contribution in [3.05, 3.63) is 0 Å². The minimum absolute atomic E-state index is 0. The van der Waals surface area contributed by atoms with Crippen molar-refractivity contribution in [3.8, 4) is 0 Å². The third-order valence-corrected chi connectivity index (χ3v) is 0. The zero-order valence-electron chi connectivity index (χ0n) is 4.75. The van der Waals surface area contributed by atoms with Crippen LogP contribution in [-0.2, 0) is 54.4 Å². The molecular weight excluding hydrogens is 310 g/mol. The molecule has 0 saturated heterocycles. The Morgan fingerprint density at radius 3 is 0.583 bits per heavy atom. The molecule has 8 nitrogen and oxygen atoms in total. The van der Waals surface area contributed by atoms with E-state index >= 15 is 0 Å². The Kier molecular flexibility index (Phi) is 16.0. The van der Waals surface area contributed by atoms with Gasteiger partial charge >= 0.3 is 33.6 Å². The number of rotatable bonds is 0. The molecule has 2 radical (unpaired) electrons. The molecule has 0 atom stereocenters. The molecule has 12 heteroatoms. The van der Waals surface area contributed by atoms with E-state index < -0.39 is 20.8 Å². The van der Waals surface area contributed by atoms with Crippen LogP contribution in [0.5, 0.6) is 0 Å². The second-order valence-electron chi connectivity index (χ2n) is 0.816. The van der Waals surface area contributed by atoms with Gasteiger partial charge in [-0.25, -0.2) is 0 Å². The van der Waals surface area contributed by atoms with Crippen molar-refractivity contribution in [1.29, 1.82) is 0 Å². The first kappa shape index (κ1) is 23.0. The Morgan fingerprint density at radius 1 is 0.583 bits per heavy atom. The molecule has 0 rings (SSSR count). The van der Waals surface area contributed by atoms with E-state index in [2.05, 4.69) is 0 Å². The first-order valence-corrected chi connectivity index (χ1v) is 4.00. The maximum Gasteiger partial charge on any atom is 2.00 e. The van der Waals surface area contributed by atoms with Crippen LogP contribution in [0, 0.1) is 0 Å². The van der Waals surface area contributed by atoms with E-state index in [1.165, 1.54) is 0 Å². The van der Waals surface area contributed by atoms with Crippen LogP contribution in [0.1, 0.15) is 0 Å². The summed E-state index contributed by atoms with van der Waals surface area (Å²) < 4.78 is 68.2. The van der Waals surface area contributed by atoms with Gasteiger partial charge in [0.1, 0.15) is 0 Å². The molecule has 0 unspecified atom stereocenters. The molecule has 0 amide bonds. The molecule has 78 valence electrons. The van der Waals surface area contributed by atoms with Crippen molar-refractivity contribution in [2.75, 3.05) is 0 Å². The van der Waals surface area contributed by atoms with Gasteiger partial charge in [0.05, 0.1) is 0 Å². The minimum Gasteiger partial charge on any atom is -0.759 e. The fraction of sp³-hybridized carbons (Fsp3) is 0. The van der Waals surface area contributed by atoms with Gasteiger partial charge in [-0.2, -0.15) is 0 Å². The predicted octanol–water partition coefficient (Wildman–Crippen LogP) is -2.68. The van der Waals surface area contributed by atoms with Crippen LogP contribution in [0.3, 0.4) is 0 Å². The summed E-state index contributed by atoms with van der Waals surface area (Å²) in [5.41, 5.74) is 0. The summed E-state index contributed by atoms with van der Waals surface area (Å²) in [5, 5.41) is 0. The Balaban J connectivity index is -0.0000000457. The molecule has 0 aliphatic heterocycles. The molecule has 0 fully saturated rings. The van der Waals surface area contributed by atoms with Crippen molar-refractivity contribution in [3.63, 3.8) is 0 Å². The van der Waals surface area contributed by atoms with Crippen molar-refractivity contribution < 1.29 is 68.6 Å². The van der Waals surface area contributed by atoms with E-state index in [1.807, 2.05) is 0 Å². The maximum absolute atomic E-state index is 8.52. The van der Waals surface area contributed by atoms with Gasteiger partial charge in [0.15, 0.2) is 0 Å². The molecule has 0 N–H and O–H groups in total. The van der Waals surface area contributed by atoms with E-state index in [1.54, 1.807) is 0 Å². The van der Waals surface area contributed by atoms with Gasteiger partial charge in [-0.1, -0.05) is 0 Å². The largest absolute Gasteiger partial charge is 2.00 e. The van der Waals surface area contributed by atoms with Gasteiger partial charge in [-0.15, -0.1) is 0 Å². The Labute approximate surface area is 89.3 Å². The van der Waals surface area contributed by atoms with E-state index in [0.29, 0.717) is 0 Å². The standard InChI is InChI=1S/2Co.2H2O4S/c;;2*1-5(2,3)4/h;;2*(H2,1,2,3,4)/q2*+2;;/p-4. The zero-order chi connectivity index (χ0) is 9.00. The van der Waals surface area contributed by atoms with Crippen molar-refractivity contribution in [1.82, 2.24) is 0 Å². The minimum atomic E-state index is -5.17. The molecule has 0 aliphatic carbocycles. The average molecular weight is 310 g/mol. The van der Waals surface area contributed by atoms with Crippen LogP contribution < -0.4 is 0 Å². The molecule has 0 aromatic heterocycles. The van der Waals surface area contributed by atoms with Crippen LogP contribution >= 0.6 is 0 Å². The second kappa shape index (κ2) is 8.36. The quantitative estimate of drug-likeness (QED) is 0.345. The summed E-state index contributed by atoms with van der Waals surface area (Å²) in [7, 11) is -10.3. The van der Waals surface area contributed by atoms with Crippen LogP contribution in [0.2, 0.25) is 0 Å². The van der Waals surface area contributed by atoms with Crippen molar-refractivity contribution in [2.24, 2.45) is 0 Å². The summed E-state index contributed by atoms with van der Waals surface area (Å²) >= 11 is 0. The summed E-state index contributed by atoms with van der Waals surface area (Å²) in [6.07, 6.45) is 0. The fourth-order valence-electron chi connectivity index (χ4n) is 0. The molecule has 12 heavy (non-hydrogen) atoms. The molecule has 0 aromatic carbocycles. The smallest absolute Gasteiger partial charge is 0.759 e. The molecule has 0 aliphatic rings. The topological polar surface area (TPSA) is 161 Å². The molecular formula is Co2O8S2. The van der Waals surface area contributed by atoms with E-state index in [4.69, 9.17) is 35.0 Å². The average Bonchev–Trinajstić information content (AvgIpc) is 1.12. The number of hydrogen-bond acceptors (Lipinski definition) is 8. The van der Waals surface area contributed by atoms with E-state index in [-0.39, 0.29) is 33.6 Å². The Hall–Kier alpha value is 0.753. The zero-order valence-corrected chi connectivity index (χ0v) is 8.46. The predicted molar refractivity (Wildman–Crippen MR) is 20.9 cm³/mol. The molecule has 0 bridgehead atoms. The fourth-order valence-corrected chi connectivity index (χ4v) is 0. The van der Waals surface area contributed by atoms with Crippen LogP contribution in [0.15, 0.2) is 0 Å². The van der Waals surface area contributed by atoms with Crippen LogP contribution in [0.4, 0.5) is 0 Å². The molecule has 0 saturated carbocycles. The van der Waals surface area contributed by atoms with Gasteiger partial charge in [-0.05, 0) is 0 Å². The second-order valence-corrected chi connectivity index (χ2v) is 2.45. The normalized spacial score (nSPS) is 9.67. The Morgan fingerprint density at radius 2 is 0.583 bits per heavy atom. The van der Waals surface area contributed by atoms with Gasteiger partial charge in [0.2, 0.25) is 0 Å². The van der Waals surface area contributed by atoms with E-state index in [0.717, 1.165) is 0 Å². The molecule has 0 aromatic rings. The van der Waals surface area contributed by atoms with Gasteiger partial charge in [0.25, 0.3) is 0 Å². The molecule has 0 spiro atoms. The van der Waals surface area contributed by atoms with Crippen molar-refractivity contribution >= 4 is 20.8 Å². The summed E-state index contributed by atoms with van der Waals surface area (Å²) in [4.78, 5) is 0. The van der Waals surface area contributed by atoms with Crippen LogP contribution in [0.25, 0.3) is 0 Å². The monoisotopic (exact) mass is 310 g/mol. The summed E-state index contributed by atoms with van der Waals surface area (Å²) in [6, 6.07) is 0. The van der Waals surface area contributed by atoms with Crippen molar-refractivity contribution in [2.45, 2.75) is 0 Å². The SMILES string of the molecule is O=S(=O)([O-])[O-].O=S(=O)([O-])[O-].[Co+2].[Co+2]. The first-order valence-electron chi connectivity index (χ1n) is 1.33. The maximum atomic E-state index is 8.52.